The Balaban J connectivity index is 2.84. The highest BCUT2D eigenvalue weighted by atomic mass is 79.9. The Labute approximate surface area is 87.2 Å². The van der Waals surface area contributed by atoms with Crippen molar-refractivity contribution in [2.45, 2.75) is 13.0 Å². The molecule has 0 aliphatic carbocycles. The summed E-state index contributed by atoms with van der Waals surface area (Å²) in [5, 5.41) is 0. The standard InChI is InChI=1S/C10H14BrNO/c1-7-5-8(3-4-9(7)11)10(12)6-13-2/h3-5,10H,6,12H2,1-2H3. The highest BCUT2D eigenvalue weighted by molar-refractivity contribution is 9.10. The number of benzene rings is 1. The molecule has 2 N–H and O–H groups in total. The molecule has 0 bridgehead atoms. The quantitative estimate of drug-likeness (QED) is 0.886. The molecule has 1 aromatic rings. The smallest absolute Gasteiger partial charge is 0.0655 e. The van der Waals surface area contributed by atoms with E-state index in [9.17, 15) is 0 Å². The Morgan fingerprint density at radius 2 is 2.23 bits per heavy atom. The van der Waals surface area contributed by atoms with E-state index in [0.717, 1.165) is 10.0 Å². The molecule has 1 rings (SSSR count). The Bertz CT molecular complexity index is 288. The van der Waals surface area contributed by atoms with E-state index >= 15 is 0 Å². The number of halogens is 1. The van der Waals surface area contributed by atoms with Crippen molar-refractivity contribution in [3.05, 3.63) is 33.8 Å². The van der Waals surface area contributed by atoms with Crippen LogP contribution in [0.5, 0.6) is 0 Å². The predicted molar refractivity (Wildman–Crippen MR) is 57.7 cm³/mol. The molecule has 0 saturated heterocycles. The van der Waals surface area contributed by atoms with E-state index in [1.165, 1.54) is 5.56 Å². The summed E-state index contributed by atoms with van der Waals surface area (Å²) in [6.07, 6.45) is 0. The summed E-state index contributed by atoms with van der Waals surface area (Å²) in [4.78, 5) is 0. The number of hydrogen-bond donors (Lipinski definition) is 1. The summed E-state index contributed by atoms with van der Waals surface area (Å²) < 4.78 is 6.10. The molecule has 13 heavy (non-hydrogen) atoms. The third kappa shape index (κ3) is 2.79. The van der Waals surface area contributed by atoms with Gasteiger partial charge in [-0.25, -0.2) is 0 Å². The first-order valence-electron chi connectivity index (χ1n) is 4.15. The topological polar surface area (TPSA) is 35.2 Å². The lowest BCUT2D eigenvalue weighted by Gasteiger charge is -2.11. The molecule has 0 amide bonds. The van der Waals surface area contributed by atoms with E-state index in [1.807, 2.05) is 19.1 Å². The van der Waals surface area contributed by atoms with Crippen molar-refractivity contribution in [3.8, 4) is 0 Å². The first-order chi connectivity index (χ1) is 6.15. The van der Waals surface area contributed by atoms with Crippen LogP contribution in [0.2, 0.25) is 0 Å². The predicted octanol–water partition coefficient (Wildman–Crippen LogP) is 2.40. The largest absolute Gasteiger partial charge is 0.383 e. The lowest BCUT2D eigenvalue weighted by Crippen LogP contribution is -2.16. The Morgan fingerprint density at radius 1 is 1.54 bits per heavy atom. The average Bonchev–Trinajstić information content (AvgIpc) is 2.10. The fourth-order valence-corrected chi connectivity index (χ4v) is 1.42. The minimum Gasteiger partial charge on any atom is -0.383 e. The maximum Gasteiger partial charge on any atom is 0.0655 e. The van der Waals surface area contributed by atoms with Crippen molar-refractivity contribution < 1.29 is 4.74 Å². The molecular weight excluding hydrogens is 230 g/mol. The third-order valence-corrected chi connectivity index (χ3v) is 2.85. The molecule has 0 fully saturated rings. The Morgan fingerprint density at radius 3 is 2.77 bits per heavy atom. The molecule has 0 radical (unpaired) electrons. The lowest BCUT2D eigenvalue weighted by molar-refractivity contribution is 0.181. The molecule has 0 saturated carbocycles. The van der Waals surface area contributed by atoms with Crippen LogP contribution in [0.1, 0.15) is 17.2 Å². The van der Waals surface area contributed by atoms with E-state index in [1.54, 1.807) is 7.11 Å². The van der Waals surface area contributed by atoms with Gasteiger partial charge in [-0.05, 0) is 24.1 Å². The van der Waals surface area contributed by atoms with E-state index in [-0.39, 0.29) is 6.04 Å². The molecule has 0 aliphatic rings. The highest BCUT2D eigenvalue weighted by Crippen LogP contribution is 2.20. The second kappa shape index (κ2) is 4.74. The van der Waals surface area contributed by atoms with Crippen LogP contribution in [0.15, 0.2) is 22.7 Å². The molecule has 0 heterocycles. The van der Waals surface area contributed by atoms with E-state index in [2.05, 4.69) is 22.0 Å². The molecule has 0 aromatic heterocycles. The zero-order chi connectivity index (χ0) is 9.84. The SMILES string of the molecule is COCC(N)c1ccc(Br)c(C)c1. The number of ether oxygens (including phenoxy) is 1. The Hall–Kier alpha value is -0.380. The van der Waals surface area contributed by atoms with Gasteiger partial charge in [-0.15, -0.1) is 0 Å². The van der Waals surface area contributed by atoms with E-state index in [0.29, 0.717) is 6.61 Å². The minimum atomic E-state index is -0.0307. The number of aryl methyl sites for hydroxylation is 1. The summed E-state index contributed by atoms with van der Waals surface area (Å²) in [5.74, 6) is 0. The first kappa shape index (κ1) is 10.7. The van der Waals surface area contributed by atoms with Crippen molar-refractivity contribution in [2.75, 3.05) is 13.7 Å². The van der Waals surface area contributed by atoms with Crippen LogP contribution in [0, 0.1) is 6.92 Å². The van der Waals surface area contributed by atoms with Gasteiger partial charge in [0.05, 0.1) is 12.6 Å². The normalized spacial score (nSPS) is 12.9. The zero-order valence-electron chi connectivity index (χ0n) is 7.88. The van der Waals surface area contributed by atoms with Crippen LogP contribution in [-0.4, -0.2) is 13.7 Å². The number of rotatable bonds is 3. The summed E-state index contributed by atoms with van der Waals surface area (Å²) in [6.45, 7) is 2.61. The van der Waals surface area contributed by atoms with Crippen LogP contribution in [0.3, 0.4) is 0 Å². The molecule has 1 aromatic carbocycles. The minimum absolute atomic E-state index is 0.0307. The van der Waals surface area contributed by atoms with Crippen molar-refractivity contribution in [1.82, 2.24) is 0 Å². The summed E-state index contributed by atoms with van der Waals surface area (Å²) in [5.41, 5.74) is 8.20. The van der Waals surface area contributed by atoms with Crippen LogP contribution in [-0.2, 0) is 4.74 Å². The van der Waals surface area contributed by atoms with E-state index in [4.69, 9.17) is 10.5 Å². The van der Waals surface area contributed by atoms with Gasteiger partial charge in [-0.1, -0.05) is 28.1 Å². The van der Waals surface area contributed by atoms with Gasteiger partial charge in [0.25, 0.3) is 0 Å². The third-order valence-electron chi connectivity index (χ3n) is 1.96. The van der Waals surface area contributed by atoms with Gasteiger partial charge in [-0.3, -0.25) is 0 Å². The number of methoxy groups -OCH3 is 1. The lowest BCUT2D eigenvalue weighted by atomic mass is 10.1. The van der Waals surface area contributed by atoms with Crippen LogP contribution < -0.4 is 5.73 Å². The second-order valence-corrected chi connectivity index (χ2v) is 3.92. The Kier molecular flexibility index (Phi) is 3.90. The zero-order valence-corrected chi connectivity index (χ0v) is 9.47. The van der Waals surface area contributed by atoms with Gasteiger partial charge in [0.15, 0.2) is 0 Å². The average molecular weight is 244 g/mol. The molecular formula is C10H14BrNO. The maximum absolute atomic E-state index is 5.88. The number of nitrogens with two attached hydrogens (primary N) is 1. The van der Waals surface area contributed by atoms with Crippen LogP contribution >= 0.6 is 15.9 Å². The molecule has 0 aliphatic heterocycles. The molecule has 72 valence electrons. The second-order valence-electron chi connectivity index (χ2n) is 3.07. The monoisotopic (exact) mass is 243 g/mol. The highest BCUT2D eigenvalue weighted by Gasteiger charge is 2.05. The van der Waals surface area contributed by atoms with Gasteiger partial charge in [-0.2, -0.15) is 0 Å². The summed E-state index contributed by atoms with van der Waals surface area (Å²) in [6, 6.07) is 6.08. The van der Waals surface area contributed by atoms with Gasteiger partial charge in [0, 0.05) is 11.6 Å². The van der Waals surface area contributed by atoms with Gasteiger partial charge >= 0.3 is 0 Å². The molecule has 0 spiro atoms. The fraction of sp³-hybridized carbons (Fsp3) is 0.400. The van der Waals surface area contributed by atoms with Gasteiger partial charge < -0.3 is 10.5 Å². The molecule has 2 nitrogen and oxygen atoms in total. The van der Waals surface area contributed by atoms with Crippen molar-refractivity contribution in [1.29, 1.82) is 0 Å². The summed E-state index contributed by atoms with van der Waals surface area (Å²) >= 11 is 3.45. The van der Waals surface area contributed by atoms with E-state index < -0.39 is 0 Å². The van der Waals surface area contributed by atoms with Crippen LogP contribution in [0.25, 0.3) is 0 Å². The molecule has 3 heteroatoms. The van der Waals surface area contributed by atoms with Crippen LogP contribution in [0.4, 0.5) is 0 Å². The van der Waals surface area contributed by atoms with Crippen molar-refractivity contribution in [2.24, 2.45) is 5.73 Å². The van der Waals surface area contributed by atoms with Crippen molar-refractivity contribution >= 4 is 15.9 Å². The van der Waals surface area contributed by atoms with Gasteiger partial charge in [0.2, 0.25) is 0 Å². The molecule has 1 unspecified atom stereocenters. The number of hydrogen-bond acceptors (Lipinski definition) is 2. The maximum atomic E-state index is 5.88. The fourth-order valence-electron chi connectivity index (χ4n) is 1.17. The van der Waals surface area contributed by atoms with Crippen molar-refractivity contribution in [3.63, 3.8) is 0 Å². The van der Waals surface area contributed by atoms with Gasteiger partial charge in [0.1, 0.15) is 0 Å². The summed E-state index contributed by atoms with van der Waals surface area (Å²) in [7, 11) is 1.66. The first-order valence-corrected chi connectivity index (χ1v) is 4.95. The molecule has 1 atom stereocenters.